The van der Waals surface area contributed by atoms with Gasteiger partial charge in [0.25, 0.3) is 0 Å². The number of hydrogen-bond acceptors (Lipinski definition) is 6. The zero-order valence-corrected chi connectivity index (χ0v) is 18.0. The summed E-state index contributed by atoms with van der Waals surface area (Å²) >= 11 is 0. The number of aromatic nitrogens is 1. The fourth-order valence-corrected chi connectivity index (χ4v) is 4.46. The molecule has 3 atom stereocenters. The highest BCUT2D eigenvalue weighted by Crippen LogP contribution is 2.31. The fraction of sp³-hybridized carbons (Fsp3) is 0.320. The van der Waals surface area contributed by atoms with Crippen LogP contribution in [-0.2, 0) is 11.2 Å². The number of benzene rings is 2. The van der Waals surface area contributed by atoms with E-state index in [1.807, 2.05) is 24.3 Å². The van der Waals surface area contributed by atoms with Crippen LogP contribution >= 0.6 is 0 Å². The lowest BCUT2D eigenvalue weighted by Crippen LogP contribution is -2.54. The molecule has 1 amide bonds. The molecule has 32 heavy (non-hydrogen) atoms. The maximum Gasteiger partial charge on any atom is 0.237 e. The van der Waals surface area contributed by atoms with E-state index in [4.69, 9.17) is 5.73 Å². The van der Waals surface area contributed by atoms with Crippen LogP contribution in [0.5, 0.6) is 5.75 Å². The van der Waals surface area contributed by atoms with Gasteiger partial charge in [-0.05, 0) is 60.7 Å². The van der Waals surface area contributed by atoms with Gasteiger partial charge in [-0.15, -0.1) is 0 Å². The van der Waals surface area contributed by atoms with Crippen LogP contribution in [0.1, 0.15) is 24.5 Å². The number of anilines is 1. The number of carbonyl (C=O) groups is 1. The van der Waals surface area contributed by atoms with Crippen molar-refractivity contribution in [3.8, 4) is 11.8 Å². The second-order valence-corrected chi connectivity index (χ2v) is 8.57. The van der Waals surface area contributed by atoms with E-state index >= 15 is 0 Å². The van der Waals surface area contributed by atoms with Gasteiger partial charge in [0.05, 0.1) is 17.1 Å². The zero-order chi connectivity index (χ0) is 22.7. The maximum absolute atomic E-state index is 12.8. The van der Waals surface area contributed by atoms with E-state index in [0.29, 0.717) is 30.0 Å². The van der Waals surface area contributed by atoms with Crippen molar-refractivity contribution in [1.82, 2.24) is 10.3 Å². The Morgan fingerprint density at radius 1 is 1.28 bits per heavy atom. The van der Waals surface area contributed by atoms with Crippen molar-refractivity contribution in [1.29, 1.82) is 5.26 Å². The minimum atomic E-state index is -0.662. The van der Waals surface area contributed by atoms with Crippen molar-refractivity contribution < 1.29 is 9.90 Å². The number of nitriles is 1. The van der Waals surface area contributed by atoms with Crippen LogP contribution in [-0.4, -0.2) is 41.2 Å². The van der Waals surface area contributed by atoms with Crippen LogP contribution in [0.2, 0.25) is 0 Å². The monoisotopic (exact) mass is 429 g/mol. The highest BCUT2D eigenvalue weighted by atomic mass is 16.3. The lowest BCUT2D eigenvalue weighted by molar-refractivity contribution is -0.123. The normalized spacial score (nSPS) is 19.3. The first kappa shape index (κ1) is 21.6. The Balaban J connectivity index is 1.48. The molecule has 0 unspecified atom stereocenters. The SMILES string of the molecule is C[C@H]1C[C@@H](NC(=O)[C@@H](N)Cc2ccc(O)cc2)CN(c2ccc(C#N)c3ncccc23)C1. The van der Waals surface area contributed by atoms with Gasteiger partial charge in [0.2, 0.25) is 5.91 Å². The quantitative estimate of drug-likeness (QED) is 0.574. The van der Waals surface area contributed by atoms with Crippen molar-refractivity contribution in [2.75, 3.05) is 18.0 Å². The fourth-order valence-electron chi connectivity index (χ4n) is 4.46. The number of phenolic OH excluding ortho intramolecular Hbond substituents is 1. The Hall–Kier alpha value is -3.63. The molecule has 7 nitrogen and oxygen atoms in total. The molecule has 0 aliphatic carbocycles. The Morgan fingerprint density at radius 3 is 2.81 bits per heavy atom. The Bertz CT molecular complexity index is 1160. The highest BCUT2D eigenvalue weighted by molar-refractivity contribution is 5.95. The van der Waals surface area contributed by atoms with Gasteiger partial charge in [-0.2, -0.15) is 5.26 Å². The van der Waals surface area contributed by atoms with Gasteiger partial charge in [-0.3, -0.25) is 9.78 Å². The van der Waals surface area contributed by atoms with Gasteiger partial charge >= 0.3 is 0 Å². The number of nitrogens with two attached hydrogens (primary N) is 1. The van der Waals surface area contributed by atoms with Gasteiger partial charge < -0.3 is 21.1 Å². The van der Waals surface area contributed by atoms with E-state index in [-0.39, 0.29) is 17.7 Å². The smallest absolute Gasteiger partial charge is 0.237 e. The van der Waals surface area contributed by atoms with Crippen LogP contribution in [0, 0.1) is 17.2 Å². The molecular formula is C25H27N5O2. The number of aromatic hydroxyl groups is 1. The van der Waals surface area contributed by atoms with E-state index in [1.165, 1.54) is 0 Å². The Morgan fingerprint density at radius 2 is 2.06 bits per heavy atom. The van der Waals surface area contributed by atoms with Crippen LogP contribution < -0.4 is 16.0 Å². The molecule has 1 aliphatic heterocycles. The van der Waals surface area contributed by atoms with Crippen LogP contribution in [0.15, 0.2) is 54.7 Å². The first-order valence-corrected chi connectivity index (χ1v) is 10.8. The molecule has 0 saturated carbocycles. The molecule has 2 heterocycles. The van der Waals surface area contributed by atoms with Gasteiger partial charge in [-0.25, -0.2) is 0 Å². The molecule has 7 heteroatoms. The summed E-state index contributed by atoms with van der Waals surface area (Å²) in [6.45, 7) is 3.70. The number of piperidine rings is 1. The summed E-state index contributed by atoms with van der Waals surface area (Å²) in [7, 11) is 0. The first-order valence-electron chi connectivity index (χ1n) is 10.8. The molecule has 1 fully saturated rings. The predicted octanol–water partition coefficient (Wildman–Crippen LogP) is 2.71. The number of hydrogen-bond donors (Lipinski definition) is 3. The largest absolute Gasteiger partial charge is 0.508 e. The molecule has 1 saturated heterocycles. The summed E-state index contributed by atoms with van der Waals surface area (Å²) in [6.07, 6.45) is 2.98. The van der Waals surface area contributed by atoms with Crippen LogP contribution in [0.3, 0.4) is 0 Å². The summed E-state index contributed by atoms with van der Waals surface area (Å²) in [5, 5.41) is 22.9. The number of nitrogens with zero attached hydrogens (tertiary/aromatic N) is 3. The van der Waals surface area contributed by atoms with Gasteiger partial charge in [-0.1, -0.05) is 19.1 Å². The first-order chi connectivity index (χ1) is 15.4. The molecule has 0 bridgehead atoms. The Kier molecular flexibility index (Phi) is 6.24. The zero-order valence-electron chi connectivity index (χ0n) is 18.0. The minimum Gasteiger partial charge on any atom is -0.508 e. The summed E-state index contributed by atoms with van der Waals surface area (Å²) in [6, 6.07) is 15.9. The van der Waals surface area contributed by atoms with Gasteiger partial charge in [0, 0.05) is 36.4 Å². The molecule has 1 aliphatic rings. The average Bonchev–Trinajstić information content (AvgIpc) is 2.79. The number of pyridine rings is 1. The number of phenols is 1. The van der Waals surface area contributed by atoms with Crippen LogP contribution in [0.4, 0.5) is 5.69 Å². The predicted molar refractivity (Wildman–Crippen MR) is 124 cm³/mol. The van der Waals surface area contributed by atoms with E-state index in [9.17, 15) is 15.2 Å². The van der Waals surface area contributed by atoms with E-state index < -0.39 is 6.04 Å². The molecule has 4 N–H and O–H groups in total. The molecule has 3 aromatic rings. The van der Waals surface area contributed by atoms with Gasteiger partial charge in [0.15, 0.2) is 0 Å². The Labute approximate surface area is 187 Å². The number of amides is 1. The molecule has 164 valence electrons. The van der Waals surface area contributed by atoms with Crippen molar-refractivity contribution in [2.24, 2.45) is 11.7 Å². The number of nitrogens with one attached hydrogen (secondary N) is 1. The molecule has 4 rings (SSSR count). The summed E-state index contributed by atoms with van der Waals surface area (Å²) in [4.78, 5) is 19.4. The molecule has 2 aromatic carbocycles. The van der Waals surface area contributed by atoms with E-state index in [2.05, 4.69) is 28.2 Å². The standard InChI is InChI=1S/C25H27N5O2/c1-16-11-19(29-25(32)22(27)12-17-4-7-20(31)8-5-17)15-30(14-16)23-9-6-18(13-26)24-21(23)3-2-10-28-24/h2-10,16,19,22,31H,11-12,14-15,27H2,1H3,(H,29,32)/t16-,19+,22-/m0/s1. The minimum absolute atomic E-state index is 0.0283. The van der Waals surface area contributed by atoms with Crippen molar-refractivity contribution in [2.45, 2.75) is 31.8 Å². The molecular weight excluding hydrogens is 402 g/mol. The maximum atomic E-state index is 12.8. The lowest BCUT2D eigenvalue weighted by Gasteiger charge is -2.39. The second kappa shape index (κ2) is 9.25. The van der Waals surface area contributed by atoms with E-state index in [0.717, 1.165) is 29.6 Å². The lowest BCUT2D eigenvalue weighted by atomic mass is 9.94. The highest BCUT2D eigenvalue weighted by Gasteiger charge is 2.28. The topological polar surface area (TPSA) is 115 Å². The number of carbonyl (C=O) groups excluding carboxylic acids is 1. The molecule has 1 aromatic heterocycles. The van der Waals surface area contributed by atoms with Crippen LogP contribution in [0.25, 0.3) is 10.9 Å². The summed E-state index contributed by atoms with van der Waals surface area (Å²) in [5.41, 5.74) is 9.34. The summed E-state index contributed by atoms with van der Waals surface area (Å²) < 4.78 is 0. The third-order valence-electron chi connectivity index (χ3n) is 5.94. The second-order valence-electron chi connectivity index (χ2n) is 8.57. The third-order valence-corrected chi connectivity index (χ3v) is 5.94. The van der Waals surface area contributed by atoms with Crippen molar-refractivity contribution in [3.63, 3.8) is 0 Å². The molecule has 0 spiro atoms. The summed E-state index contributed by atoms with van der Waals surface area (Å²) in [5.74, 6) is 0.391. The molecule has 0 radical (unpaired) electrons. The van der Waals surface area contributed by atoms with Gasteiger partial charge in [0.1, 0.15) is 11.8 Å². The number of fused-ring (bicyclic) bond motifs is 1. The van der Waals surface area contributed by atoms with Crippen molar-refractivity contribution in [3.05, 3.63) is 65.9 Å². The van der Waals surface area contributed by atoms with E-state index in [1.54, 1.807) is 30.5 Å². The average molecular weight is 430 g/mol. The third kappa shape index (κ3) is 4.66. The number of rotatable bonds is 5. The van der Waals surface area contributed by atoms with Crippen molar-refractivity contribution >= 4 is 22.5 Å².